The van der Waals surface area contributed by atoms with E-state index in [4.69, 9.17) is 14.5 Å². The average molecular weight is 551 g/mol. The first-order valence-corrected chi connectivity index (χ1v) is 13.9. The molecular formula is C29H42N8O3. The molecule has 3 N–H and O–H groups in total. The minimum atomic E-state index is -0.414. The van der Waals surface area contributed by atoms with Crippen LogP contribution in [0.4, 0.5) is 16.6 Å². The van der Waals surface area contributed by atoms with Crippen LogP contribution in [0.3, 0.4) is 0 Å². The van der Waals surface area contributed by atoms with Crippen molar-refractivity contribution in [1.29, 1.82) is 0 Å². The first-order valence-electron chi connectivity index (χ1n) is 13.9. The highest BCUT2D eigenvalue weighted by atomic mass is 16.5. The van der Waals surface area contributed by atoms with E-state index in [1.54, 1.807) is 26.5 Å². The number of rotatable bonds is 10. The molecule has 11 nitrogen and oxygen atoms in total. The minimum absolute atomic E-state index is 0.359. The maximum Gasteiger partial charge on any atom is 0.320 e. The zero-order valence-electron chi connectivity index (χ0n) is 24.5. The molecule has 1 aromatic carbocycles. The molecule has 0 bridgehead atoms. The average Bonchev–Trinajstić information content (AvgIpc) is 2.93. The third-order valence-electron chi connectivity index (χ3n) is 6.80. The van der Waals surface area contributed by atoms with Crippen LogP contribution in [-0.4, -0.2) is 96.4 Å². The molecule has 40 heavy (non-hydrogen) atoms. The molecule has 3 aromatic rings. The zero-order chi connectivity index (χ0) is 28.7. The van der Waals surface area contributed by atoms with E-state index in [0.717, 1.165) is 63.2 Å². The summed E-state index contributed by atoms with van der Waals surface area (Å²) in [5.74, 6) is 2.14. The molecule has 1 saturated heterocycles. The van der Waals surface area contributed by atoms with Gasteiger partial charge in [-0.25, -0.2) is 14.8 Å². The summed E-state index contributed by atoms with van der Waals surface area (Å²) < 4.78 is 10.9. The number of benzene rings is 1. The lowest BCUT2D eigenvalue weighted by atomic mass is 10.0. The van der Waals surface area contributed by atoms with Gasteiger partial charge in [-0.15, -0.1) is 0 Å². The molecule has 216 valence electrons. The first-order chi connectivity index (χ1) is 19.2. The normalized spacial score (nSPS) is 14.7. The Hall–Kier alpha value is -3.70. The number of hydrogen-bond donors (Lipinski definition) is 3. The predicted octanol–water partition coefficient (Wildman–Crippen LogP) is 4.07. The number of urea groups is 1. The Bertz CT molecular complexity index is 1280. The van der Waals surface area contributed by atoms with Gasteiger partial charge < -0.3 is 29.9 Å². The number of amides is 2. The molecule has 3 heterocycles. The zero-order valence-corrected chi connectivity index (χ0v) is 24.5. The summed E-state index contributed by atoms with van der Waals surface area (Å²) in [6, 6.07) is 7.10. The van der Waals surface area contributed by atoms with E-state index in [0.29, 0.717) is 34.5 Å². The lowest BCUT2D eigenvalue weighted by molar-refractivity contribution is 0.137. The number of ether oxygens (including phenoxy) is 2. The number of carbonyl (C=O) groups is 1. The van der Waals surface area contributed by atoms with Crippen LogP contribution in [0.15, 0.2) is 30.5 Å². The Morgan fingerprint density at radius 2 is 1.65 bits per heavy atom. The number of methoxy groups -OCH3 is 2. The van der Waals surface area contributed by atoms with Crippen molar-refractivity contribution in [3.05, 3.63) is 30.5 Å². The van der Waals surface area contributed by atoms with Gasteiger partial charge in [0.05, 0.1) is 14.2 Å². The largest absolute Gasteiger partial charge is 0.497 e. The second-order valence-electron chi connectivity index (χ2n) is 11.0. The van der Waals surface area contributed by atoms with E-state index in [9.17, 15) is 4.79 Å². The van der Waals surface area contributed by atoms with Gasteiger partial charge in [0.1, 0.15) is 17.3 Å². The molecule has 0 atom stereocenters. The number of hydrogen-bond acceptors (Lipinski definition) is 9. The highest BCUT2D eigenvalue weighted by Gasteiger charge is 2.19. The van der Waals surface area contributed by atoms with Gasteiger partial charge in [0.25, 0.3) is 0 Å². The van der Waals surface area contributed by atoms with Crippen LogP contribution in [0, 0.1) is 0 Å². The van der Waals surface area contributed by atoms with Crippen molar-refractivity contribution < 1.29 is 14.3 Å². The van der Waals surface area contributed by atoms with Crippen molar-refractivity contribution in [3.63, 3.8) is 0 Å². The fraction of sp³-hybridized carbons (Fsp3) is 0.517. The number of anilines is 2. The Morgan fingerprint density at radius 3 is 2.27 bits per heavy atom. The van der Waals surface area contributed by atoms with Crippen LogP contribution in [0.1, 0.15) is 34.1 Å². The lowest BCUT2D eigenvalue weighted by Crippen LogP contribution is -2.46. The Labute approximate surface area is 236 Å². The standard InChI is InChI=1S/C29H42N8O3/c1-7-36-11-13-37(14-12-36)10-8-9-30-27-31-19-21-17-24(20-15-22(39-5)18-23(16-20)40-6)26(32-25(21)33-27)34-28(38)35-29(2,3)4/h15-19H,7-14H2,1-6H3,(H3,30,31,32,33,34,35,38). The number of pyridine rings is 1. The second kappa shape index (κ2) is 13.1. The molecular weight excluding hydrogens is 508 g/mol. The molecule has 0 aliphatic carbocycles. The van der Waals surface area contributed by atoms with E-state index in [1.165, 1.54) is 0 Å². The van der Waals surface area contributed by atoms with Crippen LogP contribution in [0.2, 0.25) is 0 Å². The molecule has 4 rings (SSSR count). The van der Waals surface area contributed by atoms with Crippen LogP contribution in [-0.2, 0) is 0 Å². The number of nitrogens with zero attached hydrogens (tertiary/aromatic N) is 5. The van der Waals surface area contributed by atoms with Crippen LogP contribution < -0.4 is 25.4 Å². The van der Waals surface area contributed by atoms with Gasteiger partial charge in [-0.2, -0.15) is 4.98 Å². The number of likely N-dealkylation sites (N-methyl/N-ethyl adjacent to an activating group) is 1. The van der Waals surface area contributed by atoms with Gasteiger partial charge in [-0.05, 0) is 64.0 Å². The van der Waals surface area contributed by atoms with Crippen molar-refractivity contribution in [2.45, 2.75) is 39.7 Å². The van der Waals surface area contributed by atoms with Gasteiger partial charge >= 0.3 is 6.03 Å². The molecule has 1 aliphatic heterocycles. The van der Waals surface area contributed by atoms with Crippen molar-refractivity contribution in [3.8, 4) is 22.6 Å². The minimum Gasteiger partial charge on any atom is -0.497 e. The summed E-state index contributed by atoms with van der Waals surface area (Å²) in [7, 11) is 3.20. The fourth-order valence-corrected chi connectivity index (χ4v) is 4.64. The molecule has 2 amide bonds. The van der Waals surface area contributed by atoms with E-state index in [-0.39, 0.29) is 6.03 Å². The van der Waals surface area contributed by atoms with E-state index in [1.807, 2.05) is 39.0 Å². The van der Waals surface area contributed by atoms with E-state index in [2.05, 4.69) is 42.6 Å². The Kier molecular flexibility index (Phi) is 9.59. The summed E-state index contributed by atoms with van der Waals surface area (Å²) in [6.45, 7) is 15.4. The predicted molar refractivity (Wildman–Crippen MR) is 159 cm³/mol. The summed E-state index contributed by atoms with van der Waals surface area (Å²) >= 11 is 0. The maximum atomic E-state index is 12.8. The molecule has 1 fully saturated rings. The van der Waals surface area contributed by atoms with Gasteiger partial charge in [0, 0.05) is 61.5 Å². The summed E-state index contributed by atoms with van der Waals surface area (Å²) in [5.41, 5.74) is 1.54. The number of fused-ring (bicyclic) bond motifs is 1. The highest BCUT2D eigenvalue weighted by Crippen LogP contribution is 2.35. The van der Waals surface area contributed by atoms with Crippen LogP contribution in [0.5, 0.6) is 11.5 Å². The quantitative estimate of drug-likeness (QED) is 0.321. The molecule has 0 saturated carbocycles. The second-order valence-corrected chi connectivity index (χ2v) is 11.0. The SMILES string of the molecule is CCN1CCN(CCCNc2ncc3cc(-c4cc(OC)cc(OC)c4)c(NC(=O)NC(C)(C)C)nc3n2)CC1. The van der Waals surface area contributed by atoms with Crippen LogP contribution >= 0.6 is 0 Å². The molecule has 0 radical (unpaired) electrons. The third kappa shape index (κ3) is 7.92. The van der Waals surface area contributed by atoms with Gasteiger partial charge in [-0.3, -0.25) is 5.32 Å². The maximum absolute atomic E-state index is 12.8. The number of aromatic nitrogens is 3. The molecule has 0 spiro atoms. The topological polar surface area (TPSA) is 117 Å². The van der Waals surface area contributed by atoms with Crippen LogP contribution in [0.25, 0.3) is 22.2 Å². The van der Waals surface area contributed by atoms with Crippen molar-refractivity contribution >= 4 is 28.8 Å². The molecule has 11 heteroatoms. The molecule has 1 aliphatic rings. The Balaban J connectivity index is 1.54. The lowest BCUT2D eigenvalue weighted by Gasteiger charge is -2.33. The Morgan fingerprint density at radius 1 is 0.975 bits per heavy atom. The van der Waals surface area contributed by atoms with Crippen molar-refractivity contribution in [2.24, 2.45) is 0 Å². The number of piperazine rings is 1. The summed E-state index contributed by atoms with van der Waals surface area (Å²) in [6.07, 6.45) is 2.75. The summed E-state index contributed by atoms with van der Waals surface area (Å²) in [5, 5.41) is 9.92. The van der Waals surface area contributed by atoms with Crippen molar-refractivity contribution in [2.75, 3.05) is 70.7 Å². The first kappa shape index (κ1) is 29.3. The van der Waals surface area contributed by atoms with Crippen molar-refractivity contribution in [1.82, 2.24) is 30.1 Å². The van der Waals surface area contributed by atoms with Gasteiger partial charge in [0.15, 0.2) is 5.65 Å². The summed E-state index contributed by atoms with van der Waals surface area (Å²) in [4.78, 5) is 31.8. The molecule has 2 aromatic heterocycles. The number of nitrogens with one attached hydrogen (secondary N) is 3. The van der Waals surface area contributed by atoms with E-state index >= 15 is 0 Å². The molecule has 0 unspecified atom stereocenters. The van der Waals surface area contributed by atoms with Gasteiger partial charge in [-0.1, -0.05) is 6.92 Å². The van der Waals surface area contributed by atoms with E-state index < -0.39 is 5.54 Å². The smallest absolute Gasteiger partial charge is 0.320 e. The fourth-order valence-electron chi connectivity index (χ4n) is 4.64. The van der Waals surface area contributed by atoms with Gasteiger partial charge in [0.2, 0.25) is 5.95 Å². The monoisotopic (exact) mass is 550 g/mol. The third-order valence-corrected chi connectivity index (χ3v) is 6.80. The number of carbonyl (C=O) groups excluding carboxylic acids is 1. The highest BCUT2D eigenvalue weighted by molar-refractivity contribution is 5.96.